The molecule has 0 unspecified atom stereocenters. The number of halogens is 3. The number of ether oxygens (including phenoxy) is 1. The Hall–Kier alpha value is -3.62. The summed E-state index contributed by atoms with van der Waals surface area (Å²) >= 11 is 0. The number of aliphatic hydroxyl groups excluding tert-OH is 1. The smallest absolute Gasteiger partial charge is 0.419 e. The van der Waals surface area contributed by atoms with E-state index in [1.54, 1.807) is 23.1 Å². The summed E-state index contributed by atoms with van der Waals surface area (Å²) in [5, 5.41) is 9.24. The van der Waals surface area contributed by atoms with Crippen molar-refractivity contribution in [2.24, 2.45) is 0 Å². The number of nitrogens with zero attached hydrogens (tertiary/aromatic N) is 3. The molecule has 5 rings (SSSR count). The van der Waals surface area contributed by atoms with Crippen molar-refractivity contribution in [1.82, 2.24) is 9.88 Å². The van der Waals surface area contributed by atoms with Crippen molar-refractivity contribution in [3.05, 3.63) is 102 Å². The molecular formula is C30H30F3N3O2. The summed E-state index contributed by atoms with van der Waals surface area (Å²) in [5.41, 5.74) is 1.77. The van der Waals surface area contributed by atoms with Crippen LogP contribution in [0.15, 0.2) is 84.9 Å². The fraction of sp³-hybridized carbons (Fsp3) is 0.300. The molecule has 0 spiro atoms. The van der Waals surface area contributed by atoms with E-state index >= 15 is 0 Å². The Morgan fingerprint density at radius 1 is 0.816 bits per heavy atom. The summed E-state index contributed by atoms with van der Waals surface area (Å²) < 4.78 is 49.5. The third-order valence-electron chi connectivity index (χ3n) is 6.89. The molecule has 1 aliphatic heterocycles. The lowest BCUT2D eigenvalue weighted by Crippen LogP contribution is -2.48. The molecule has 1 saturated heterocycles. The molecule has 0 aliphatic carbocycles. The van der Waals surface area contributed by atoms with Crippen LogP contribution in [0.5, 0.6) is 5.88 Å². The van der Waals surface area contributed by atoms with Crippen molar-refractivity contribution in [2.45, 2.75) is 18.6 Å². The topological polar surface area (TPSA) is 48.8 Å². The van der Waals surface area contributed by atoms with Gasteiger partial charge in [0.05, 0.1) is 23.7 Å². The van der Waals surface area contributed by atoms with Crippen LogP contribution in [0.4, 0.5) is 18.9 Å². The van der Waals surface area contributed by atoms with Crippen LogP contribution < -0.4 is 9.64 Å². The lowest BCUT2D eigenvalue weighted by molar-refractivity contribution is -0.136. The highest BCUT2D eigenvalue weighted by Gasteiger charge is 2.40. The number of alkyl halides is 3. The number of anilines is 1. The molecule has 0 bridgehead atoms. The normalized spacial score (nSPS) is 14.8. The zero-order valence-corrected chi connectivity index (χ0v) is 20.9. The Balaban J connectivity index is 1.50. The minimum absolute atomic E-state index is 0.00311. The SMILES string of the molecule is OCCCOc1nc2ccccc2c(C(F)(F)F)c1N1CCN(C(c2ccccc2)c2ccccc2)CC1. The largest absolute Gasteiger partial charge is 0.476 e. The first-order valence-corrected chi connectivity index (χ1v) is 12.8. The summed E-state index contributed by atoms with van der Waals surface area (Å²) in [6, 6.07) is 26.6. The zero-order valence-electron chi connectivity index (χ0n) is 20.9. The van der Waals surface area contributed by atoms with Gasteiger partial charge in [0.2, 0.25) is 5.88 Å². The van der Waals surface area contributed by atoms with Gasteiger partial charge in [0.25, 0.3) is 0 Å². The molecule has 1 aromatic heterocycles. The summed E-state index contributed by atoms with van der Waals surface area (Å²) in [6.45, 7) is 1.86. The maximum Gasteiger partial charge on any atom is 0.419 e. The standard InChI is InChI=1S/C30H30F3N3O2/c31-30(32,33)26-24-14-7-8-15-25(24)34-29(38-21-9-20-37)28(26)36-18-16-35(17-19-36)27(22-10-3-1-4-11-22)23-12-5-2-6-13-23/h1-8,10-15,27,37H,9,16-21H2. The minimum Gasteiger partial charge on any atom is -0.476 e. The number of piperazine rings is 1. The molecule has 38 heavy (non-hydrogen) atoms. The molecule has 5 nitrogen and oxygen atoms in total. The molecule has 1 aliphatic rings. The summed E-state index contributed by atoms with van der Waals surface area (Å²) in [6.07, 6.45) is -4.29. The molecular weight excluding hydrogens is 491 g/mol. The van der Waals surface area contributed by atoms with Crippen LogP contribution in [0.3, 0.4) is 0 Å². The lowest BCUT2D eigenvalue weighted by Gasteiger charge is -2.41. The molecule has 2 heterocycles. The molecule has 8 heteroatoms. The number of benzene rings is 3. The molecule has 0 radical (unpaired) electrons. The van der Waals surface area contributed by atoms with Gasteiger partial charge in [-0.2, -0.15) is 13.2 Å². The second-order valence-electron chi connectivity index (χ2n) is 9.33. The average molecular weight is 522 g/mol. The molecule has 198 valence electrons. The van der Waals surface area contributed by atoms with Crippen LogP contribution in [0.1, 0.15) is 29.2 Å². The van der Waals surface area contributed by atoms with E-state index in [0.717, 1.165) is 11.1 Å². The zero-order chi connectivity index (χ0) is 26.5. The fourth-order valence-corrected chi connectivity index (χ4v) is 5.18. The second-order valence-corrected chi connectivity index (χ2v) is 9.33. The maximum atomic E-state index is 14.6. The lowest BCUT2D eigenvalue weighted by atomic mass is 9.96. The molecule has 0 saturated carbocycles. The van der Waals surface area contributed by atoms with Crippen molar-refractivity contribution < 1.29 is 23.0 Å². The van der Waals surface area contributed by atoms with Gasteiger partial charge in [-0.1, -0.05) is 78.9 Å². The van der Waals surface area contributed by atoms with Crippen LogP contribution >= 0.6 is 0 Å². The van der Waals surface area contributed by atoms with Crippen molar-refractivity contribution in [3.63, 3.8) is 0 Å². The van der Waals surface area contributed by atoms with Crippen LogP contribution in [0, 0.1) is 0 Å². The third-order valence-corrected chi connectivity index (χ3v) is 6.89. The number of pyridine rings is 1. The number of aliphatic hydroxyl groups is 1. The third kappa shape index (κ3) is 5.47. The van der Waals surface area contributed by atoms with E-state index in [1.807, 2.05) is 36.4 Å². The average Bonchev–Trinajstić information content (AvgIpc) is 2.94. The summed E-state index contributed by atoms with van der Waals surface area (Å²) in [4.78, 5) is 8.55. The number of aromatic nitrogens is 1. The van der Waals surface area contributed by atoms with Crippen molar-refractivity contribution >= 4 is 16.6 Å². The second kappa shape index (κ2) is 11.4. The molecule has 4 aromatic rings. The van der Waals surface area contributed by atoms with Crippen LogP contribution in [-0.4, -0.2) is 54.4 Å². The Kier molecular flexibility index (Phi) is 7.81. The van der Waals surface area contributed by atoms with E-state index < -0.39 is 11.7 Å². The van der Waals surface area contributed by atoms with E-state index in [4.69, 9.17) is 4.74 Å². The van der Waals surface area contributed by atoms with Gasteiger partial charge < -0.3 is 14.7 Å². The van der Waals surface area contributed by atoms with Gasteiger partial charge in [-0.25, -0.2) is 4.98 Å². The fourth-order valence-electron chi connectivity index (χ4n) is 5.18. The van der Waals surface area contributed by atoms with Crippen LogP contribution in [0.2, 0.25) is 0 Å². The van der Waals surface area contributed by atoms with Crippen LogP contribution in [0.25, 0.3) is 10.9 Å². The molecule has 0 atom stereocenters. The monoisotopic (exact) mass is 521 g/mol. The quantitative estimate of drug-likeness (QED) is 0.292. The van der Waals surface area contributed by atoms with Gasteiger partial charge in [0, 0.05) is 44.6 Å². The van der Waals surface area contributed by atoms with Gasteiger partial charge >= 0.3 is 6.18 Å². The maximum absolute atomic E-state index is 14.6. The van der Waals surface area contributed by atoms with Gasteiger partial charge in [-0.15, -0.1) is 0 Å². The van der Waals surface area contributed by atoms with Crippen molar-refractivity contribution in [2.75, 3.05) is 44.3 Å². The molecule has 3 aromatic carbocycles. The van der Waals surface area contributed by atoms with E-state index in [0.29, 0.717) is 32.6 Å². The summed E-state index contributed by atoms with van der Waals surface area (Å²) in [7, 11) is 0. The minimum atomic E-state index is -4.60. The Morgan fingerprint density at radius 3 is 1.97 bits per heavy atom. The highest BCUT2D eigenvalue weighted by Crippen LogP contribution is 2.46. The van der Waals surface area contributed by atoms with Gasteiger partial charge in [0.15, 0.2) is 0 Å². The molecule has 1 fully saturated rings. The predicted molar refractivity (Wildman–Crippen MR) is 142 cm³/mol. The predicted octanol–water partition coefficient (Wildman–Crippen LogP) is 5.93. The van der Waals surface area contributed by atoms with Crippen molar-refractivity contribution in [3.8, 4) is 5.88 Å². The highest BCUT2D eigenvalue weighted by molar-refractivity contribution is 5.90. The first-order valence-electron chi connectivity index (χ1n) is 12.8. The number of hydrogen-bond acceptors (Lipinski definition) is 5. The summed E-state index contributed by atoms with van der Waals surface area (Å²) in [5.74, 6) is -0.0411. The van der Waals surface area contributed by atoms with E-state index in [1.165, 1.54) is 6.07 Å². The Labute approximate surface area is 220 Å². The molecule has 1 N–H and O–H groups in total. The molecule has 0 amide bonds. The van der Waals surface area contributed by atoms with Gasteiger partial charge in [-0.05, 0) is 17.2 Å². The number of para-hydroxylation sites is 1. The number of hydrogen-bond donors (Lipinski definition) is 1. The van der Waals surface area contributed by atoms with Crippen LogP contribution in [-0.2, 0) is 6.18 Å². The van der Waals surface area contributed by atoms with Gasteiger partial charge in [0.1, 0.15) is 5.69 Å². The Morgan fingerprint density at radius 2 is 1.39 bits per heavy atom. The number of fused-ring (bicyclic) bond motifs is 1. The first-order chi connectivity index (χ1) is 18.5. The van der Waals surface area contributed by atoms with E-state index in [9.17, 15) is 18.3 Å². The highest BCUT2D eigenvalue weighted by atomic mass is 19.4. The van der Waals surface area contributed by atoms with E-state index in [-0.39, 0.29) is 41.7 Å². The Bertz CT molecular complexity index is 1300. The van der Waals surface area contributed by atoms with E-state index in [2.05, 4.69) is 34.1 Å². The van der Waals surface area contributed by atoms with Gasteiger partial charge in [-0.3, -0.25) is 4.90 Å². The number of rotatable bonds is 8. The van der Waals surface area contributed by atoms with Crippen molar-refractivity contribution in [1.29, 1.82) is 0 Å². The first kappa shape index (κ1) is 26.0.